The van der Waals surface area contributed by atoms with Crippen LogP contribution in [0.15, 0.2) is 30.3 Å². The molecule has 0 aliphatic heterocycles. The molecule has 0 bridgehead atoms. The quantitative estimate of drug-likeness (QED) is 0.585. The first-order valence-corrected chi connectivity index (χ1v) is 7.36. The third-order valence-corrected chi connectivity index (χ3v) is 3.42. The zero-order valence-electron chi connectivity index (χ0n) is 11.8. The molecule has 0 atom stereocenters. The maximum absolute atomic E-state index is 11.5. The van der Waals surface area contributed by atoms with E-state index < -0.39 is 0 Å². The van der Waals surface area contributed by atoms with Crippen LogP contribution >= 0.6 is 0 Å². The molecule has 1 aliphatic carbocycles. The number of esters is 1. The van der Waals surface area contributed by atoms with Crippen molar-refractivity contribution >= 4 is 5.97 Å². The van der Waals surface area contributed by atoms with Gasteiger partial charge in [-0.05, 0) is 31.2 Å². The van der Waals surface area contributed by atoms with Crippen molar-refractivity contribution in [2.24, 2.45) is 0 Å². The summed E-state index contributed by atoms with van der Waals surface area (Å²) in [6, 6.07) is 10.2. The third kappa shape index (κ3) is 5.72. The lowest BCUT2D eigenvalue weighted by Gasteiger charge is -2.11. The van der Waals surface area contributed by atoms with Crippen LogP contribution in [0.4, 0.5) is 0 Å². The lowest BCUT2D eigenvalue weighted by atomic mass is 10.2. The number of carbonyl (C=O) groups excluding carboxylic acids is 1. The van der Waals surface area contributed by atoms with Gasteiger partial charge in [-0.3, -0.25) is 0 Å². The van der Waals surface area contributed by atoms with Gasteiger partial charge in [-0.15, -0.1) is 0 Å². The highest BCUT2D eigenvalue weighted by Crippen LogP contribution is 2.20. The third-order valence-electron chi connectivity index (χ3n) is 3.42. The normalized spacial score (nSPS) is 15.4. The molecule has 0 amide bonds. The minimum atomic E-state index is -0.236. The summed E-state index contributed by atoms with van der Waals surface area (Å²) in [6.07, 6.45) is 4.47. The van der Waals surface area contributed by atoms with E-state index >= 15 is 0 Å². The molecule has 0 radical (unpaired) electrons. The molecule has 0 heterocycles. The number of rotatable bonds is 8. The summed E-state index contributed by atoms with van der Waals surface area (Å²) in [7, 11) is 0. The van der Waals surface area contributed by atoms with Crippen molar-refractivity contribution in [2.45, 2.75) is 38.3 Å². The fourth-order valence-corrected chi connectivity index (χ4v) is 2.35. The fourth-order valence-electron chi connectivity index (χ4n) is 2.35. The van der Waals surface area contributed by atoms with E-state index in [1.807, 2.05) is 18.2 Å². The fraction of sp³-hybridized carbons (Fsp3) is 0.562. The second-order valence-electron chi connectivity index (χ2n) is 5.11. The summed E-state index contributed by atoms with van der Waals surface area (Å²) >= 11 is 0. The van der Waals surface area contributed by atoms with Crippen LogP contribution in [-0.2, 0) is 20.8 Å². The molecule has 4 heteroatoms. The molecular weight excluding hydrogens is 254 g/mol. The van der Waals surface area contributed by atoms with Crippen molar-refractivity contribution in [3.8, 4) is 0 Å². The first-order valence-electron chi connectivity index (χ1n) is 7.36. The molecule has 1 aromatic carbocycles. The van der Waals surface area contributed by atoms with Gasteiger partial charge in [0.15, 0.2) is 0 Å². The highest BCUT2D eigenvalue weighted by atomic mass is 16.6. The summed E-state index contributed by atoms with van der Waals surface area (Å²) in [5, 5.41) is 3.27. The van der Waals surface area contributed by atoms with E-state index in [1.54, 1.807) is 0 Å². The van der Waals surface area contributed by atoms with Crippen molar-refractivity contribution in [3.05, 3.63) is 35.9 Å². The van der Waals surface area contributed by atoms with Gasteiger partial charge in [-0.1, -0.05) is 30.3 Å². The molecule has 0 aromatic heterocycles. The zero-order chi connectivity index (χ0) is 14.0. The van der Waals surface area contributed by atoms with Crippen molar-refractivity contribution in [3.63, 3.8) is 0 Å². The van der Waals surface area contributed by atoms with E-state index in [4.69, 9.17) is 9.47 Å². The number of hydrogen-bond acceptors (Lipinski definition) is 4. The van der Waals surface area contributed by atoms with Crippen LogP contribution < -0.4 is 5.32 Å². The van der Waals surface area contributed by atoms with E-state index in [-0.39, 0.29) is 18.7 Å². The van der Waals surface area contributed by atoms with E-state index in [2.05, 4.69) is 17.4 Å². The minimum Gasteiger partial charge on any atom is -0.461 e. The van der Waals surface area contributed by atoms with Crippen LogP contribution in [0.1, 0.15) is 31.2 Å². The van der Waals surface area contributed by atoms with Gasteiger partial charge in [0.25, 0.3) is 0 Å². The molecule has 1 N–H and O–H groups in total. The van der Waals surface area contributed by atoms with Gasteiger partial charge in [0.2, 0.25) is 0 Å². The predicted molar refractivity (Wildman–Crippen MR) is 77.3 cm³/mol. The van der Waals surface area contributed by atoms with Gasteiger partial charge < -0.3 is 14.8 Å². The number of hydrogen-bond donors (Lipinski definition) is 1. The number of ether oxygens (including phenoxy) is 2. The standard InChI is InChI=1S/C16H23NO3/c18-16(20-15-8-4-5-9-15)13-19-11-10-17-12-14-6-2-1-3-7-14/h1-3,6-7,15,17H,4-5,8-13H2. The van der Waals surface area contributed by atoms with Crippen molar-refractivity contribution in [1.29, 1.82) is 0 Å². The highest BCUT2D eigenvalue weighted by molar-refractivity contribution is 5.70. The van der Waals surface area contributed by atoms with E-state index in [9.17, 15) is 4.79 Å². The lowest BCUT2D eigenvalue weighted by molar-refractivity contribution is -0.154. The highest BCUT2D eigenvalue weighted by Gasteiger charge is 2.18. The van der Waals surface area contributed by atoms with Crippen molar-refractivity contribution < 1.29 is 14.3 Å². The summed E-state index contributed by atoms with van der Waals surface area (Å²) in [5.41, 5.74) is 1.24. The first-order chi connectivity index (χ1) is 9.84. The van der Waals surface area contributed by atoms with Crippen LogP contribution in [0.5, 0.6) is 0 Å². The molecule has 1 fully saturated rings. The summed E-state index contributed by atoms with van der Waals surface area (Å²) in [4.78, 5) is 11.5. The van der Waals surface area contributed by atoms with Crippen LogP contribution in [0, 0.1) is 0 Å². The average molecular weight is 277 g/mol. The largest absolute Gasteiger partial charge is 0.461 e. The predicted octanol–water partition coefficient (Wildman–Crippen LogP) is 2.28. The Morgan fingerprint density at radius 3 is 2.70 bits per heavy atom. The van der Waals surface area contributed by atoms with Gasteiger partial charge in [0.1, 0.15) is 12.7 Å². The topological polar surface area (TPSA) is 47.6 Å². The molecule has 1 aliphatic rings. The molecule has 2 rings (SSSR count). The van der Waals surface area contributed by atoms with E-state index in [1.165, 1.54) is 18.4 Å². The van der Waals surface area contributed by atoms with Gasteiger partial charge >= 0.3 is 5.97 Å². The Balaban J connectivity index is 1.46. The van der Waals surface area contributed by atoms with Crippen LogP contribution in [0.25, 0.3) is 0 Å². The van der Waals surface area contributed by atoms with Crippen LogP contribution in [0.2, 0.25) is 0 Å². The molecule has 20 heavy (non-hydrogen) atoms. The van der Waals surface area contributed by atoms with E-state index in [0.717, 1.165) is 25.9 Å². The van der Waals surface area contributed by atoms with Crippen LogP contribution in [-0.4, -0.2) is 31.8 Å². The maximum atomic E-state index is 11.5. The van der Waals surface area contributed by atoms with Gasteiger partial charge in [-0.25, -0.2) is 4.79 Å². The molecule has 4 nitrogen and oxygen atoms in total. The maximum Gasteiger partial charge on any atom is 0.332 e. The molecule has 110 valence electrons. The summed E-state index contributed by atoms with van der Waals surface area (Å²) in [6.45, 7) is 2.12. The summed E-state index contributed by atoms with van der Waals surface area (Å²) < 4.78 is 10.6. The Morgan fingerprint density at radius 1 is 1.20 bits per heavy atom. The number of carbonyl (C=O) groups is 1. The van der Waals surface area contributed by atoms with Crippen molar-refractivity contribution in [2.75, 3.05) is 19.8 Å². The summed E-state index contributed by atoms with van der Waals surface area (Å²) in [5.74, 6) is -0.236. The lowest BCUT2D eigenvalue weighted by Crippen LogP contribution is -2.23. The second kappa shape index (κ2) is 8.72. The Morgan fingerprint density at radius 2 is 1.95 bits per heavy atom. The van der Waals surface area contributed by atoms with Gasteiger partial charge in [0.05, 0.1) is 6.61 Å². The molecule has 0 spiro atoms. The van der Waals surface area contributed by atoms with Gasteiger partial charge in [-0.2, -0.15) is 0 Å². The van der Waals surface area contributed by atoms with Crippen molar-refractivity contribution in [1.82, 2.24) is 5.32 Å². The molecule has 1 saturated carbocycles. The SMILES string of the molecule is O=C(COCCNCc1ccccc1)OC1CCCC1. The second-order valence-corrected chi connectivity index (χ2v) is 5.11. The average Bonchev–Trinajstić information content (AvgIpc) is 2.96. The molecule has 1 aromatic rings. The molecule has 0 unspecified atom stereocenters. The van der Waals surface area contributed by atoms with Crippen LogP contribution in [0.3, 0.4) is 0 Å². The number of benzene rings is 1. The Labute approximate surface area is 120 Å². The Kier molecular flexibility index (Phi) is 6.54. The zero-order valence-corrected chi connectivity index (χ0v) is 11.8. The van der Waals surface area contributed by atoms with E-state index in [0.29, 0.717) is 6.61 Å². The molecular formula is C16H23NO3. The molecule has 0 saturated heterocycles. The monoisotopic (exact) mass is 277 g/mol. The smallest absolute Gasteiger partial charge is 0.332 e. The first kappa shape index (κ1) is 15.0. The minimum absolute atomic E-state index is 0.0590. The Hall–Kier alpha value is -1.39. The van der Waals surface area contributed by atoms with Gasteiger partial charge in [0, 0.05) is 13.1 Å². The number of nitrogens with one attached hydrogen (secondary N) is 1. The Bertz CT molecular complexity index is 388.